The molecule has 0 atom stereocenters. The molecule has 0 amide bonds. The Morgan fingerprint density at radius 2 is 1.83 bits per heavy atom. The van der Waals surface area contributed by atoms with E-state index in [2.05, 4.69) is 28.2 Å². The van der Waals surface area contributed by atoms with Crippen molar-refractivity contribution in [3.8, 4) is 11.4 Å². The number of rotatable bonds is 1. The summed E-state index contributed by atoms with van der Waals surface area (Å²) >= 11 is 11.9. The van der Waals surface area contributed by atoms with E-state index in [4.69, 9.17) is 23.2 Å². The second kappa shape index (κ2) is 4.71. The second-order valence-electron chi connectivity index (χ2n) is 4.16. The van der Waals surface area contributed by atoms with E-state index in [1.165, 1.54) is 17.2 Å². The van der Waals surface area contributed by atoms with Gasteiger partial charge < -0.3 is 0 Å². The summed E-state index contributed by atoms with van der Waals surface area (Å²) in [7, 11) is 0. The van der Waals surface area contributed by atoms with E-state index in [-0.39, 0.29) is 0 Å². The van der Waals surface area contributed by atoms with Gasteiger partial charge in [0.1, 0.15) is 10.3 Å². The topological polar surface area (TPSA) is 25.8 Å². The van der Waals surface area contributed by atoms with Crippen molar-refractivity contribution >= 4 is 29.3 Å². The molecule has 90 valence electrons. The number of allylic oxidation sites excluding steroid dienone is 1. The fourth-order valence-corrected chi connectivity index (χ4v) is 2.60. The monoisotopic (exact) mass is 276 g/mol. The van der Waals surface area contributed by atoms with E-state index in [0.29, 0.717) is 16.1 Å². The predicted molar refractivity (Wildman–Crippen MR) is 74.8 cm³/mol. The van der Waals surface area contributed by atoms with Crippen molar-refractivity contribution in [2.24, 2.45) is 0 Å². The van der Waals surface area contributed by atoms with Gasteiger partial charge in [0.25, 0.3) is 0 Å². The lowest BCUT2D eigenvalue weighted by atomic mass is 9.93. The maximum atomic E-state index is 5.93. The van der Waals surface area contributed by atoms with Crippen LogP contribution >= 0.6 is 23.2 Å². The van der Waals surface area contributed by atoms with Crippen molar-refractivity contribution in [2.45, 2.75) is 12.8 Å². The summed E-state index contributed by atoms with van der Waals surface area (Å²) in [5, 5.41) is 0.727. The van der Waals surface area contributed by atoms with Crippen LogP contribution in [0.15, 0.2) is 30.3 Å². The maximum Gasteiger partial charge on any atom is 0.163 e. The lowest BCUT2D eigenvalue weighted by Gasteiger charge is -2.14. The van der Waals surface area contributed by atoms with Crippen molar-refractivity contribution in [3.63, 3.8) is 0 Å². The van der Waals surface area contributed by atoms with Gasteiger partial charge in [-0.25, -0.2) is 9.97 Å². The van der Waals surface area contributed by atoms with Crippen LogP contribution in [0.2, 0.25) is 10.3 Å². The summed E-state index contributed by atoms with van der Waals surface area (Å²) in [5.74, 6) is 0.580. The molecule has 1 aliphatic carbocycles. The number of hydrogen-bond donors (Lipinski definition) is 0. The highest BCUT2D eigenvalue weighted by Crippen LogP contribution is 2.30. The molecular weight excluding hydrogens is 267 g/mol. The Morgan fingerprint density at radius 1 is 1.06 bits per heavy atom. The molecule has 1 aromatic carbocycles. The van der Waals surface area contributed by atoms with Crippen molar-refractivity contribution in [1.82, 2.24) is 9.97 Å². The quantitative estimate of drug-likeness (QED) is 0.721. The highest BCUT2D eigenvalue weighted by atomic mass is 35.5. The third kappa shape index (κ3) is 2.14. The van der Waals surface area contributed by atoms with Crippen molar-refractivity contribution < 1.29 is 0 Å². The molecule has 0 saturated carbocycles. The highest BCUT2D eigenvalue weighted by molar-refractivity contribution is 6.33. The minimum atomic E-state index is 0.363. The zero-order valence-corrected chi connectivity index (χ0v) is 11.0. The Labute approximate surface area is 115 Å². The lowest BCUT2D eigenvalue weighted by Crippen LogP contribution is -1.99. The highest BCUT2D eigenvalue weighted by Gasteiger charge is 2.13. The summed E-state index contributed by atoms with van der Waals surface area (Å²) in [4.78, 5) is 8.50. The summed E-state index contributed by atoms with van der Waals surface area (Å²) < 4.78 is 0. The molecule has 0 radical (unpaired) electrons. The molecule has 0 N–H and O–H groups in total. The smallest absolute Gasteiger partial charge is 0.163 e. The number of aromatic nitrogens is 2. The number of aryl methyl sites for hydroxylation is 1. The van der Waals surface area contributed by atoms with E-state index in [1.54, 1.807) is 0 Å². The SMILES string of the molecule is Clc1cc(Cl)nc(-c2cccc3c2C=CCC3)n1. The summed E-state index contributed by atoms with van der Waals surface area (Å²) in [6.45, 7) is 0. The molecule has 1 heterocycles. The van der Waals surface area contributed by atoms with Crippen LogP contribution in [-0.4, -0.2) is 9.97 Å². The van der Waals surface area contributed by atoms with Crippen molar-refractivity contribution in [2.75, 3.05) is 0 Å². The lowest BCUT2D eigenvalue weighted by molar-refractivity contribution is 0.984. The Morgan fingerprint density at radius 3 is 2.61 bits per heavy atom. The van der Waals surface area contributed by atoms with Gasteiger partial charge in [-0.2, -0.15) is 0 Å². The Hall–Kier alpha value is -1.38. The second-order valence-corrected chi connectivity index (χ2v) is 4.93. The first-order valence-electron chi connectivity index (χ1n) is 5.73. The van der Waals surface area contributed by atoms with Crippen LogP contribution in [0.4, 0.5) is 0 Å². The van der Waals surface area contributed by atoms with Gasteiger partial charge in [-0.1, -0.05) is 53.6 Å². The molecule has 1 aromatic heterocycles. The van der Waals surface area contributed by atoms with E-state index < -0.39 is 0 Å². The van der Waals surface area contributed by atoms with Gasteiger partial charge in [-0.3, -0.25) is 0 Å². The molecule has 0 spiro atoms. The standard InChI is InChI=1S/C14H10Cl2N2/c15-12-8-13(16)18-14(17-12)11-7-3-5-9-4-1-2-6-10(9)11/h2-3,5-8H,1,4H2. The zero-order valence-electron chi connectivity index (χ0n) is 9.53. The van der Waals surface area contributed by atoms with Crippen LogP contribution < -0.4 is 0 Å². The van der Waals surface area contributed by atoms with Crippen LogP contribution in [-0.2, 0) is 6.42 Å². The van der Waals surface area contributed by atoms with Gasteiger partial charge in [0.15, 0.2) is 5.82 Å². The van der Waals surface area contributed by atoms with E-state index in [1.807, 2.05) is 12.1 Å². The van der Waals surface area contributed by atoms with Gasteiger partial charge in [-0.15, -0.1) is 0 Å². The summed E-state index contributed by atoms with van der Waals surface area (Å²) in [6, 6.07) is 7.69. The molecule has 18 heavy (non-hydrogen) atoms. The minimum absolute atomic E-state index is 0.363. The number of nitrogens with zero attached hydrogens (tertiary/aromatic N) is 2. The molecular formula is C14H10Cl2N2. The molecule has 3 rings (SSSR count). The molecule has 1 aliphatic rings. The van der Waals surface area contributed by atoms with Crippen LogP contribution in [0.1, 0.15) is 17.5 Å². The minimum Gasteiger partial charge on any atom is -0.216 e. The number of halogens is 2. The van der Waals surface area contributed by atoms with Crippen molar-refractivity contribution in [1.29, 1.82) is 0 Å². The van der Waals surface area contributed by atoms with Gasteiger partial charge in [0, 0.05) is 11.6 Å². The third-order valence-electron chi connectivity index (χ3n) is 2.97. The van der Waals surface area contributed by atoms with Crippen LogP contribution in [0.5, 0.6) is 0 Å². The van der Waals surface area contributed by atoms with Gasteiger partial charge in [0.05, 0.1) is 0 Å². The third-order valence-corrected chi connectivity index (χ3v) is 3.35. The van der Waals surface area contributed by atoms with Crippen LogP contribution in [0.3, 0.4) is 0 Å². The Bertz CT molecular complexity index is 615. The average molecular weight is 277 g/mol. The Balaban J connectivity index is 2.21. The molecule has 2 aromatic rings. The van der Waals surface area contributed by atoms with E-state index in [9.17, 15) is 0 Å². The molecule has 4 heteroatoms. The van der Waals surface area contributed by atoms with E-state index in [0.717, 1.165) is 18.4 Å². The average Bonchev–Trinajstić information content (AvgIpc) is 2.37. The molecule has 0 fully saturated rings. The first kappa shape index (κ1) is 11.7. The van der Waals surface area contributed by atoms with Crippen molar-refractivity contribution in [3.05, 3.63) is 51.8 Å². The first-order chi connectivity index (χ1) is 8.74. The number of benzene rings is 1. The van der Waals surface area contributed by atoms with E-state index >= 15 is 0 Å². The van der Waals surface area contributed by atoms with Gasteiger partial charge in [0.2, 0.25) is 0 Å². The number of hydrogen-bond acceptors (Lipinski definition) is 2. The zero-order chi connectivity index (χ0) is 12.5. The summed E-state index contributed by atoms with van der Waals surface area (Å²) in [6.07, 6.45) is 6.41. The molecule has 0 unspecified atom stereocenters. The Kier molecular flexibility index (Phi) is 3.06. The molecule has 0 saturated heterocycles. The molecule has 0 aliphatic heterocycles. The largest absolute Gasteiger partial charge is 0.216 e. The maximum absolute atomic E-state index is 5.93. The first-order valence-corrected chi connectivity index (χ1v) is 6.48. The normalized spacial score (nSPS) is 13.4. The number of fused-ring (bicyclic) bond motifs is 1. The van der Waals surface area contributed by atoms with Gasteiger partial charge in [-0.05, 0) is 24.0 Å². The molecule has 0 bridgehead atoms. The molecule has 2 nitrogen and oxygen atoms in total. The van der Waals surface area contributed by atoms with Crippen LogP contribution in [0.25, 0.3) is 17.5 Å². The fourth-order valence-electron chi connectivity index (χ4n) is 2.17. The predicted octanol–water partition coefficient (Wildman–Crippen LogP) is 4.41. The summed E-state index contributed by atoms with van der Waals surface area (Å²) in [5.41, 5.74) is 3.46. The van der Waals surface area contributed by atoms with Crippen LogP contribution in [0, 0.1) is 0 Å². The van der Waals surface area contributed by atoms with Gasteiger partial charge >= 0.3 is 0 Å². The fraction of sp³-hybridized carbons (Fsp3) is 0.143.